The Kier molecular flexibility index (Phi) is 6.30. The number of quaternary nitrogens is 4. The summed E-state index contributed by atoms with van der Waals surface area (Å²) in [6.07, 6.45) is 0. The third kappa shape index (κ3) is 2.83. The molecule has 0 aliphatic rings. The summed E-state index contributed by atoms with van der Waals surface area (Å²) in [5, 5.41) is 0. The predicted octanol–water partition coefficient (Wildman–Crippen LogP) is 1.81. The van der Waals surface area contributed by atoms with Crippen LogP contribution in [-0.4, -0.2) is 108 Å². The molecule has 0 bridgehead atoms. The van der Waals surface area contributed by atoms with Crippen LogP contribution in [0.2, 0.25) is 0 Å². The second-order valence-electron chi connectivity index (χ2n) is 8.60. The smallest absolute Gasteiger partial charge is 0.234 e. The van der Waals surface area contributed by atoms with Gasteiger partial charge in [0.05, 0.1) is 82.6 Å². The van der Waals surface area contributed by atoms with E-state index in [1.807, 2.05) is 0 Å². The van der Waals surface area contributed by atoms with Crippen molar-refractivity contribution >= 4 is 8.72 Å². The summed E-state index contributed by atoms with van der Waals surface area (Å²) >= 11 is 0. The van der Waals surface area contributed by atoms with Gasteiger partial charge in [0.25, 0.3) is 0 Å². The van der Waals surface area contributed by atoms with Crippen LogP contribution in [0, 0.1) is 0 Å². The first kappa shape index (κ1) is 21.1. The fourth-order valence-electron chi connectivity index (χ4n) is 5.25. The molecular formula is C16H44N4Si+4. The van der Waals surface area contributed by atoms with Crippen LogP contribution in [-0.2, 0) is 0 Å². The lowest BCUT2D eigenvalue weighted by atomic mass is 10.7. The Balaban J connectivity index is 6.85. The SMILES string of the molecule is CC[N+](C)(C)[Si]([N+](C)(C)CC)([N+](C)(C)CC)[N+](C)(C)CC. The van der Waals surface area contributed by atoms with Crippen molar-refractivity contribution in [1.82, 2.24) is 0 Å². The van der Waals surface area contributed by atoms with Crippen LogP contribution in [0.5, 0.6) is 0 Å². The molecule has 0 N–H and O–H groups in total. The van der Waals surface area contributed by atoms with Crippen LogP contribution >= 0.6 is 0 Å². The summed E-state index contributed by atoms with van der Waals surface area (Å²) in [5.74, 6) is 0. The van der Waals surface area contributed by atoms with Crippen molar-refractivity contribution in [1.29, 1.82) is 0 Å². The lowest BCUT2D eigenvalue weighted by Gasteiger charge is -2.56. The van der Waals surface area contributed by atoms with Gasteiger partial charge in [0.15, 0.2) is 0 Å². The average molecular weight is 321 g/mol. The van der Waals surface area contributed by atoms with Crippen LogP contribution in [0.3, 0.4) is 0 Å². The Hall–Kier alpha value is 0.0569. The largest absolute Gasteiger partial charge is 1.01 e. The maximum Gasteiger partial charge on any atom is 1.01 e. The Morgan fingerprint density at radius 1 is 0.429 bits per heavy atom. The molecule has 0 aromatic carbocycles. The summed E-state index contributed by atoms with van der Waals surface area (Å²) in [6.45, 7) is 14.2. The van der Waals surface area contributed by atoms with E-state index >= 15 is 0 Å². The van der Waals surface area contributed by atoms with E-state index in [4.69, 9.17) is 0 Å². The van der Waals surface area contributed by atoms with E-state index in [1.54, 1.807) is 0 Å². The van der Waals surface area contributed by atoms with Crippen LogP contribution in [0.15, 0.2) is 0 Å². The quantitative estimate of drug-likeness (QED) is 0.598. The Bertz CT molecular complexity index is 279. The highest BCUT2D eigenvalue weighted by molar-refractivity contribution is 6.50. The maximum atomic E-state index is 2.48. The topological polar surface area (TPSA) is 0 Å². The highest BCUT2D eigenvalue weighted by Gasteiger charge is 2.95. The molecular weight excluding hydrogens is 276 g/mol. The number of hydrogen-bond acceptors (Lipinski definition) is 0. The zero-order valence-corrected chi connectivity index (χ0v) is 18.1. The third-order valence-electron chi connectivity index (χ3n) is 6.41. The van der Waals surface area contributed by atoms with Gasteiger partial charge in [-0.2, -0.15) is 0 Å². The average Bonchev–Trinajstić information content (AvgIpc) is 2.37. The van der Waals surface area contributed by atoms with Gasteiger partial charge in [-0.3, -0.25) is 0 Å². The standard InChI is InChI=1S/C16H44N4Si/c1-13-17(5,6)21(18(7,8)14-2,19(9,10)15-3)20(11,12)16-4/h13-16H2,1-12H3/q+4. The molecule has 128 valence electrons. The second-order valence-corrected chi connectivity index (χ2v) is 14.6. The first-order valence-electron chi connectivity index (χ1n) is 8.57. The molecule has 0 saturated heterocycles. The van der Waals surface area contributed by atoms with Gasteiger partial charge < -0.3 is 0 Å². The van der Waals surface area contributed by atoms with E-state index in [2.05, 4.69) is 84.1 Å². The highest BCUT2D eigenvalue weighted by Crippen LogP contribution is 2.38. The fourth-order valence-corrected chi connectivity index (χ4v) is 15.7. The summed E-state index contributed by atoms with van der Waals surface area (Å²) in [5.41, 5.74) is 0. The highest BCUT2D eigenvalue weighted by atomic mass is 28.4. The minimum atomic E-state index is -1.96. The van der Waals surface area contributed by atoms with Gasteiger partial charge in [0.1, 0.15) is 0 Å². The summed E-state index contributed by atoms with van der Waals surface area (Å²) in [7, 11) is 17.9. The monoisotopic (exact) mass is 320 g/mol. The number of nitrogens with zero attached hydrogens (tertiary/aromatic N) is 4. The van der Waals surface area contributed by atoms with Crippen molar-refractivity contribution in [3.8, 4) is 0 Å². The van der Waals surface area contributed by atoms with Crippen LogP contribution in [0.4, 0.5) is 0 Å². The zero-order valence-electron chi connectivity index (χ0n) is 17.1. The number of hydrogen-bond donors (Lipinski definition) is 0. The van der Waals surface area contributed by atoms with E-state index in [-0.39, 0.29) is 0 Å². The van der Waals surface area contributed by atoms with Crippen LogP contribution in [0.1, 0.15) is 27.7 Å². The molecule has 21 heavy (non-hydrogen) atoms. The minimum absolute atomic E-state index is 1.15. The molecule has 0 unspecified atom stereocenters. The van der Waals surface area contributed by atoms with Crippen LogP contribution in [0.25, 0.3) is 0 Å². The molecule has 0 radical (unpaired) electrons. The van der Waals surface area contributed by atoms with Gasteiger partial charge in [-0.05, 0) is 27.7 Å². The predicted molar refractivity (Wildman–Crippen MR) is 96.4 cm³/mol. The number of rotatable bonds is 8. The van der Waals surface area contributed by atoms with E-state index in [0.717, 1.165) is 16.6 Å². The molecule has 0 fully saturated rings. The van der Waals surface area contributed by atoms with Crippen molar-refractivity contribution < 1.29 is 16.6 Å². The van der Waals surface area contributed by atoms with E-state index in [0.29, 0.717) is 0 Å². The molecule has 0 aromatic heterocycles. The molecule has 5 heteroatoms. The molecule has 0 saturated carbocycles. The zero-order chi connectivity index (χ0) is 17.3. The van der Waals surface area contributed by atoms with Gasteiger partial charge in [-0.25, -0.2) is 16.6 Å². The third-order valence-corrected chi connectivity index (χ3v) is 14.2. The summed E-state index contributed by atoms with van der Waals surface area (Å²) in [4.78, 5) is 0. The minimum Gasteiger partial charge on any atom is -0.234 e. The molecule has 0 aliphatic heterocycles. The van der Waals surface area contributed by atoms with Gasteiger partial charge >= 0.3 is 8.72 Å². The van der Waals surface area contributed by atoms with E-state index < -0.39 is 8.72 Å². The van der Waals surface area contributed by atoms with Gasteiger partial charge in [-0.1, -0.05) is 0 Å². The Morgan fingerprint density at radius 3 is 0.667 bits per heavy atom. The molecule has 0 amide bonds. The lowest BCUT2D eigenvalue weighted by Crippen LogP contribution is -2.99. The van der Waals surface area contributed by atoms with Gasteiger partial charge in [0.2, 0.25) is 0 Å². The van der Waals surface area contributed by atoms with Crippen molar-refractivity contribution in [2.24, 2.45) is 0 Å². The fraction of sp³-hybridized carbons (Fsp3) is 1.00. The Morgan fingerprint density at radius 2 is 0.571 bits per heavy atom. The molecule has 0 rings (SSSR count). The summed E-state index contributed by atoms with van der Waals surface area (Å²) in [6, 6.07) is 0. The molecule has 0 spiro atoms. The molecule has 0 aromatic rings. The Labute approximate surface area is 136 Å². The van der Waals surface area contributed by atoms with E-state index in [9.17, 15) is 0 Å². The first-order chi connectivity index (χ1) is 9.24. The second kappa shape index (κ2) is 6.28. The van der Waals surface area contributed by atoms with Crippen molar-refractivity contribution in [2.75, 3.05) is 82.6 Å². The van der Waals surface area contributed by atoms with Crippen molar-refractivity contribution in [3.05, 3.63) is 0 Å². The first-order valence-corrected chi connectivity index (χ1v) is 10.4. The van der Waals surface area contributed by atoms with Crippen molar-refractivity contribution in [2.45, 2.75) is 27.7 Å². The van der Waals surface area contributed by atoms with E-state index in [1.165, 1.54) is 26.2 Å². The normalized spacial score (nSPS) is 15.4. The lowest BCUT2D eigenvalue weighted by molar-refractivity contribution is -1.12. The molecule has 0 aliphatic carbocycles. The molecule has 0 atom stereocenters. The van der Waals surface area contributed by atoms with Gasteiger partial charge in [-0.15, -0.1) is 0 Å². The summed E-state index contributed by atoms with van der Waals surface area (Å²) < 4.78 is 4.59. The van der Waals surface area contributed by atoms with Gasteiger partial charge in [0, 0.05) is 0 Å². The maximum absolute atomic E-state index is 2.48. The molecule has 0 heterocycles. The molecule has 4 nitrogen and oxygen atoms in total. The van der Waals surface area contributed by atoms with Crippen LogP contribution < -0.4 is 0 Å². The van der Waals surface area contributed by atoms with Crippen molar-refractivity contribution in [3.63, 3.8) is 0 Å².